The summed E-state index contributed by atoms with van der Waals surface area (Å²) in [7, 11) is 0. The molecule has 0 saturated heterocycles. The lowest BCUT2D eigenvalue weighted by Crippen LogP contribution is -2.02. The molecular formula is C15H11Br2FN2O. The van der Waals surface area contributed by atoms with Crippen LogP contribution in [0.4, 0.5) is 4.39 Å². The van der Waals surface area contributed by atoms with Crippen molar-refractivity contribution in [2.45, 2.75) is 13.2 Å². The molecule has 0 aliphatic heterocycles. The fourth-order valence-electron chi connectivity index (χ4n) is 1.77. The highest BCUT2D eigenvalue weighted by molar-refractivity contribution is 9.11. The van der Waals surface area contributed by atoms with Crippen molar-refractivity contribution in [1.29, 1.82) is 5.26 Å². The number of nitrogens with zero attached hydrogens (tertiary/aromatic N) is 1. The summed E-state index contributed by atoms with van der Waals surface area (Å²) in [5, 5.41) is 8.84. The Bertz CT molecular complexity index is 690. The van der Waals surface area contributed by atoms with E-state index in [1.165, 1.54) is 18.2 Å². The van der Waals surface area contributed by atoms with Crippen LogP contribution in [0.5, 0.6) is 5.75 Å². The lowest BCUT2D eigenvalue weighted by Gasteiger charge is -2.12. The van der Waals surface area contributed by atoms with Crippen LogP contribution >= 0.6 is 31.9 Å². The van der Waals surface area contributed by atoms with E-state index in [1.807, 2.05) is 18.2 Å². The molecule has 0 heterocycles. The standard InChI is InChI=1S/C15H11Br2FN2O/c16-12-4-10(7-20)5-13(17)15(12)21-8-11-3-9(6-19)1-2-14(11)18/h1-5H,7-8,20H2. The first-order chi connectivity index (χ1) is 10.0. The summed E-state index contributed by atoms with van der Waals surface area (Å²) in [5.74, 6) is 0.161. The molecule has 2 N–H and O–H groups in total. The van der Waals surface area contributed by atoms with Crippen LogP contribution in [0.25, 0.3) is 0 Å². The number of hydrogen-bond donors (Lipinski definition) is 1. The summed E-state index contributed by atoms with van der Waals surface area (Å²) >= 11 is 6.80. The lowest BCUT2D eigenvalue weighted by atomic mass is 10.1. The van der Waals surface area contributed by atoms with E-state index in [2.05, 4.69) is 31.9 Å². The number of nitriles is 1. The Balaban J connectivity index is 2.23. The van der Waals surface area contributed by atoms with Gasteiger partial charge in [-0.3, -0.25) is 0 Å². The summed E-state index contributed by atoms with van der Waals surface area (Å²) in [4.78, 5) is 0. The van der Waals surface area contributed by atoms with Gasteiger partial charge in [0.1, 0.15) is 18.2 Å². The van der Waals surface area contributed by atoms with Crippen LogP contribution in [0.15, 0.2) is 39.3 Å². The average Bonchev–Trinajstić information content (AvgIpc) is 2.47. The summed E-state index contributed by atoms with van der Waals surface area (Å²) in [6, 6.07) is 9.85. The van der Waals surface area contributed by atoms with Crippen molar-refractivity contribution in [1.82, 2.24) is 0 Å². The zero-order valence-electron chi connectivity index (χ0n) is 10.9. The molecule has 108 valence electrons. The molecule has 21 heavy (non-hydrogen) atoms. The third-order valence-corrected chi connectivity index (χ3v) is 4.02. The van der Waals surface area contributed by atoms with Gasteiger partial charge in [0.25, 0.3) is 0 Å². The monoisotopic (exact) mass is 412 g/mol. The van der Waals surface area contributed by atoms with Gasteiger partial charge in [-0.1, -0.05) is 0 Å². The molecule has 2 rings (SSSR count). The third-order valence-electron chi connectivity index (χ3n) is 2.84. The van der Waals surface area contributed by atoms with Crippen LogP contribution in [0.2, 0.25) is 0 Å². The first-order valence-corrected chi connectivity index (χ1v) is 7.63. The molecule has 0 fully saturated rings. The van der Waals surface area contributed by atoms with Crippen LogP contribution in [-0.2, 0) is 13.2 Å². The van der Waals surface area contributed by atoms with Crippen molar-refractivity contribution >= 4 is 31.9 Å². The Labute approximate surface area is 138 Å². The predicted octanol–water partition coefficient (Wildman–Crippen LogP) is 4.26. The quantitative estimate of drug-likeness (QED) is 0.814. The fourth-order valence-corrected chi connectivity index (χ4v) is 3.28. The topological polar surface area (TPSA) is 59.0 Å². The molecule has 0 amide bonds. The smallest absolute Gasteiger partial charge is 0.148 e. The number of halogens is 3. The molecule has 0 aliphatic rings. The van der Waals surface area contributed by atoms with Gasteiger partial charge in [-0.2, -0.15) is 5.26 Å². The maximum Gasteiger partial charge on any atom is 0.148 e. The highest BCUT2D eigenvalue weighted by atomic mass is 79.9. The van der Waals surface area contributed by atoms with E-state index in [4.69, 9.17) is 15.7 Å². The van der Waals surface area contributed by atoms with E-state index in [-0.39, 0.29) is 6.61 Å². The normalized spacial score (nSPS) is 10.2. The first kappa shape index (κ1) is 16.0. The van der Waals surface area contributed by atoms with Crippen LogP contribution < -0.4 is 10.5 Å². The van der Waals surface area contributed by atoms with E-state index in [0.717, 1.165) is 14.5 Å². The predicted molar refractivity (Wildman–Crippen MR) is 85.2 cm³/mol. The molecule has 6 heteroatoms. The van der Waals surface area contributed by atoms with Crippen molar-refractivity contribution < 1.29 is 9.13 Å². The molecule has 0 aromatic heterocycles. The molecule has 0 aliphatic carbocycles. The van der Waals surface area contributed by atoms with E-state index < -0.39 is 5.82 Å². The summed E-state index contributed by atoms with van der Waals surface area (Å²) in [5.41, 5.74) is 7.26. The summed E-state index contributed by atoms with van der Waals surface area (Å²) < 4.78 is 20.8. The second kappa shape index (κ2) is 7.03. The first-order valence-electron chi connectivity index (χ1n) is 6.04. The molecule has 0 bridgehead atoms. The van der Waals surface area contributed by atoms with Gasteiger partial charge in [0.2, 0.25) is 0 Å². The second-order valence-electron chi connectivity index (χ2n) is 4.30. The minimum atomic E-state index is -0.403. The van der Waals surface area contributed by atoms with Gasteiger partial charge in [0, 0.05) is 12.1 Å². The van der Waals surface area contributed by atoms with E-state index in [9.17, 15) is 4.39 Å². The van der Waals surface area contributed by atoms with Crippen LogP contribution in [0.1, 0.15) is 16.7 Å². The molecule has 0 saturated carbocycles. The SMILES string of the molecule is N#Cc1ccc(F)c(COc2c(Br)cc(CN)cc2Br)c1. The van der Waals surface area contributed by atoms with Gasteiger partial charge in [0.05, 0.1) is 20.6 Å². The Morgan fingerprint density at radius 1 is 1.19 bits per heavy atom. The van der Waals surface area contributed by atoms with E-state index in [1.54, 1.807) is 0 Å². The van der Waals surface area contributed by atoms with Gasteiger partial charge < -0.3 is 10.5 Å². The van der Waals surface area contributed by atoms with Crippen LogP contribution in [-0.4, -0.2) is 0 Å². The Morgan fingerprint density at radius 2 is 1.86 bits per heavy atom. The Morgan fingerprint density at radius 3 is 2.43 bits per heavy atom. The third kappa shape index (κ3) is 3.82. The molecule has 2 aromatic carbocycles. The minimum Gasteiger partial charge on any atom is -0.486 e. The van der Waals surface area contributed by atoms with Crippen LogP contribution in [0, 0.1) is 17.1 Å². The molecule has 0 radical (unpaired) electrons. The molecular weight excluding hydrogens is 403 g/mol. The maximum absolute atomic E-state index is 13.7. The zero-order chi connectivity index (χ0) is 15.4. The van der Waals surface area contributed by atoms with Gasteiger partial charge in [0.15, 0.2) is 0 Å². The van der Waals surface area contributed by atoms with Crippen molar-refractivity contribution in [2.24, 2.45) is 5.73 Å². The average molecular weight is 414 g/mol. The number of nitrogens with two attached hydrogens (primary N) is 1. The van der Waals surface area contributed by atoms with Crippen molar-refractivity contribution in [3.63, 3.8) is 0 Å². The van der Waals surface area contributed by atoms with Crippen molar-refractivity contribution in [3.8, 4) is 11.8 Å². The number of rotatable bonds is 4. The highest BCUT2D eigenvalue weighted by Gasteiger charge is 2.11. The van der Waals surface area contributed by atoms with Gasteiger partial charge in [-0.25, -0.2) is 4.39 Å². The Kier molecular flexibility index (Phi) is 5.34. The summed E-state index contributed by atoms with van der Waals surface area (Å²) in [6.45, 7) is 0.441. The van der Waals surface area contributed by atoms with Crippen molar-refractivity contribution in [2.75, 3.05) is 0 Å². The van der Waals surface area contributed by atoms with Crippen molar-refractivity contribution in [3.05, 3.63) is 61.8 Å². The molecule has 0 unspecified atom stereocenters. The summed E-state index contributed by atoms with van der Waals surface area (Å²) in [6.07, 6.45) is 0. The minimum absolute atomic E-state index is 0.0283. The van der Waals surface area contributed by atoms with Gasteiger partial charge >= 0.3 is 0 Å². The zero-order valence-corrected chi connectivity index (χ0v) is 14.0. The van der Waals surface area contributed by atoms with Gasteiger partial charge in [-0.05, 0) is 67.8 Å². The molecule has 0 spiro atoms. The highest BCUT2D eigenvalue weighted by Crippen LogP contribution is 2.35. The second-order valence-corrected chi connectivity index (χ2v) is 6.01. The van der Waals surface area contributed by atoms with E-state index in [0.29, 0.717) is 23.4 Å². The maximum atomic E-state index is 13.7. The van der Waals surface area contributed by atoms with Gasteiger partial charge in [-0.15, -0.1) is 0 Å². The number of hydrogen-bond acceptors (Lipinski definition) is 3. The lowest BCUT2D eigenvalue weighted by molar-refractivity contribution is 0.296. The van der Waals surface area contributed by atoms with Crippen LogP contribution in [0.3, 0.4) is 0 Å². The Hall–Kier alpha value is -1.42. The number of ether oxygens (including phenoxy) is 1. The molecule has 3 nitrogen and oxygen atoms in total. The number of benzene rings is 2. The van der Waals surface area contributed by atoms with E-state index >= 15 is 0 Å². The molecule has 2 aromatic rings. The fraction of sp³-hybridized carbons (Fsp3) is 0.133. The molecule has 0 atom stereocenters. The largest absolute Gasteiger partial charge is 0.486 e.